The summed E-state index contributed by atoms with van der Waals surface area (Å²) >= 11 is 0. The summed E-state index contributed by atoms with van der Waals surface area (Å²) in [6, 6.07) is 8.13. The van der Waals surface area contributed by atoms with Crippen LogP contribution in [0.3, 0.4) is 0 Å². The number of nitriles is 1. The van der Waals surface area contributed by atoms with Gasteiger partial charge in [0, 0.05) is 31.4 Å². The molecule has 1 amide bonds. The Hall–Kier alpha value is -2.43. The second kappa shape index (κ2) is 7.77. The van der Waals surface area contributed by atoms with Crippen molar-refractivity contribution in [3.05, 3.63) is 47.9 Å². The monoisotopic (exact) mass is 397 g/mol. The standard InChI is InChI=1S/C22H28FN5O/c1-14(16-5-3-6-17(23)9-16)28-19-10-21(22(28)29)26(12-19)13-20(25)15(2)27-8-4-7-18(27)11-24/h3,5-6,9,14,18-21H,2,4,7-8,10,12-13,25H2,1H3/t14-,18?,19?,20?,21?/m0/s1. The van der Waals surface area contributed by atoms with Crippen LogP contribution in [0.1, 0.15) is 37.8 Å². The summed E-state index contributed by atoms with van der Waals surface area (Å²) in [5.74, 6) is -0.193. The molecule has 1 aromatic carbocycles. The number of carbonyl (C=O) groups excluding carboxylic acids is 1. The Bertz CT molecular complexity index is 852. The van der Waals surface area contributed by atoms with Gasteiger partial charge in [-0.2, -0.15) is 5.26 Å². The lowest BCUT2D eigenvalue weighted by molar-refractivity contribution is -0.139. The summed E-state index contributed by atoms with van der Waals surface area (Å²) in [5.41, 5.74) is 8.02. The largest absolute Gasteiger partial charge is 0.358 e. The van der Waals surface area contributed by atoms with Crippen molar-refractivity contribution >= 4 is 5.91 Å². The molecular weight excluding hydrogens is 369 g/mol. The maximum atomic E-state index is 13.6. The first-order chi connectivity index (χ1) is 13.9. The van der Waals surface area contributed by atoms with Crippen LogP contribution in [-0.2, 0) is 4.79 Å². The van der Waals surface area contributed by atoms with E-state index >= 15 is 0 Å². The molecule has 0 saturated carbocycles. The molecule has 7 heteroatoms. The minimum absolute atomic E-state index is 0.0897. The molecule has 3 heterocycles. The highest BCUT2D eigenvalue weighted by Crippen LogP contribution is 2.38. The molecule has 4 rings (SSSR count). The zero-order valence-corrected chi connectivity index (χ0v) is 16.8. The van der Waals surface area contributed by atoms with Gasteiger partial charge in [0.1, 0.15) is 11.9 Å². The van der Waals surface area contributed by atoms with E-state index in [2.05, 4.69) is 17.5 Å². The zero-order chi connectivity index (χ0) is 20.7. The van der Waals surface area contributed by atoms with Crippen molar-refractivity contribution in [2.75, 3.05) is 19.6 Å². The van der Waals surface area contributed by atoms with Crippen molar-refractivity contribution in [2.24, 2.45) is 5.73 Å². The number of likely N-dealkylation sites (tertiary alicyclic amines) is 3. The van der Waals surface area contributed by atoms with Gasteiger partial charge in [-0.15, -0.1) is 0 Å². The van der Waals surface area contributed by atoms with E-state index < -0.39 is 0 Å². The second-order valence-electron chi connectivity index (χ2n) is 8.41. The fourth-order valence-electron chi connectivity index (χ4n) is 5.14. The quantitative estimate of drug-likeness (QED) is 0.795. The number of fused-ring (bicyclic) bond motifs is 2. The van der Waals surface area contributed by atoms with E-state index in [9.17, 15) is 14.4 Å². The van der Waals surface area contributed by atoms with Crippen LogP contribution < -0.4 is 5.73 Å². The van der Waals surface area contributed by atoms with Gasteiger partial charge in [0.2, 0.25) is 5.91 Å². The first-order valence-electron chi connectivity index (χ1n) is 10.3. The number of hydrogen-bond donors (Lipinski definition) is 1. The van der Waals surface area contributed by atoms with Gasteiger partial charge >= 0.3 is 0 Å². The van der Waals surface area contributed by atoms with Crippen molar-refractivity contribution in [2.45, 2.75) is 56.4 Å². The number of benzene rings is 1. The highest BCUT2D eigenvalue weighted by Gasteiger charge is 2.51. The van der Waals surface area contributed by atoms with E-state index in [1.807, 2.05) is 22.8 Å². The summed E-state index contributed by atoms with van der Waals surface area (Å²) in [7, 11) is 0. The maximum Gasteiger partial charge on any atom is 0.240 e. The molecular formula is C22H28FN5O. The molecule has 154 valence electrons. The molecule has 2 bridgehead atoms. The van der Waals surface area contributed by atoms with Crippen molar-refractivity contribution in [3.8, 4) is 6.07 Å². The van der Waals surface area contributed by atoms with Gasteiger partial charge < -0.3 is 15.5 Å². The number of hydrogen-bond acceptors (Lipinski definition) is 5. The summed E-state index contributed by atoms with van der Waals surface area (Å²) in [6.07, 6.45) is 2.61. The van der Waals surface area contributed by atoms with Crippen LogP contribution in [0.5, 0.6) is 0 Å². The average Bonchev–Trinajstić information content (AvgIpc) is 3.41. The maximum absolute atomic E-state index is 13.6. The number of amides is 1. The Balaban J connectivity index is 1.40. The minimum atomic E-state index is -0.301. The Morgan fingerprint density at radius 3 is 2.97 bits per heavy atom. The van der Waals surface area contributed by atoms with Crippen LogP contribution in [0.4, 0.5) is 4.39 Å². The molecule has 2 N–H and O–H groups in total. The SMILES string of the molecule is C=C(C(N)CN1CC2CC1C(=O)N2[C@@H](C)c1cccc(F)c1)N1CCCC1C#N. The van der Waals surface area contributed by atoms with Crippen molar-refractivity contribution in [3.63, 3.8) is 0 Å². The minimum Gasteiger partial charge on any atom is -0.358 e. The van der Waals surface area contributed by atoms with Gasteiger partial charge in [-0.05, 0) is 43.9 Å². The predicted octanol–water partition coefficient (Wildman–Crippen LogP) is 2.00. The molecule has 3 aliphatic rings. The Morgan fingerprint density at radius 1 is 1.48 bits per heavy atom. The molecule has 0 aromatic heterocycles. The van der Waals surface area contributed by atoms with Crippen molar-refractivity contribution in [1.29, 1.82) is 5.26 Å². The third kappa shape index (κ3) is 3.52. The van der Waals surface area contributed by atoms with Gasteiger partial charge in [0.15, 0.2) is 0 Å². The molecule has 29 heavy (non-hydrogen) atoms. The molecule has 3 fully saturated rings. The molecule has 1 aromatic rings. The molecule has 4 unspecified atom stereocenters. The Labute approximate surface area is 171 Å². The number of piperazine rings is 1. The predicted molar refractivity (Wildman–Crippen MR) is 108 cm³/mol. The number of nitrogens with two attached hydrogens (primary N) is 1. The van der Waals surface area contributed by atoms with Gasteiger partial charge in [-0.25, -0.2) is 4.39 Å². The lowest BCUT2D eigenvalue weighted by Gasteiger charge is -2.39. The lowest BCUT2D eigenvalue weighted by atomic mass is 10.1. The highest BCUT2D eigenvalue weighted by molar-refractivity contribution is 5.86. The van der Waals surface area contributed by atoms with E-state index in [0.29, 0.717) is 6.54 Å². The second-order valence-corrected chi connectivity index (χ2v) is 8.41. The van der Waals surface area contributed by atoms with E-state index in [4.69, 9.17) is 5.73 Å². The topological polar surface area (TPSA) is 76.6 Å². The average molecular weight is 397 g/mol. The fraction of sp³-hybridized carbons (Fsp3) is 0.545. The Morgan fingerprint density at radius 2 is 2.28 bits per heavy atom. The van der Waals surface area contributed by atoms with E-state index in [0.717, 1.165) is 43.6 Å². The van der Waals surface area contributed by atoms with E-state index in [1.165, 1.54) is 12.1 Å². The highest BCUT2D eigenvalue weighted by atomic mass is 19.1. The number of carbonyl (C=O) groups is 1. The van der Waals surface area contributed by atoms with Crippen LogP contribution in [0.2, 0.25) is 0 Å². The van der Waals surface area contributed by atoms with E-state index in [-0.39, 0.29) is 41.9 Å². The number of halogens is 1. The molecule has 5 atom stereocenters. The van der Waals surface area contributed by atoms with Crippen LogP contribution in [0.15, 0.2) is 36.5 Å². The first kappa shape index (κ1) is 19.9. The van der Waals surface area contributed by atoms with Gasteiger partial charge in [0.25, 0.3) is 0 Å². The summed E-state index contributed by atoms with van der Waals surface area (Å²) in [4.78, 5) is 19.1. The van der Waals surface area contributed by atoms with Crippen molar-refractivity contribution < 1.29 is 9.18 Å². The first-order valence-corrected chi connectivity index (χ1v) is 10.3. The summed E-state index contributed by atoms with van der Waals surface area (Å²) < 4.78 is 13.6. The van der Waals surface area contributed by atoms with E-state index in [1.54, 1.807) is 6.07 Å². The fourth-order valence-corrected chi connectivity index (χ4v) is 5.14. The van der Waals surface area contributed by atoms with Gasteiger partial charge in [-0.3, -0.25) is 9.69 Å². The summed E-state index contributed by atoms with van der Waals surface area (Å²) in [5, 5.41) is 9.31. The normalized spacial score (nSPS) is 28.6. The number of nitrogens with zero attached hydrogens (tertiary/aromatic N) is 4. The molecule has 6 nitrogen and oxygen atoms in total. The van der Waals surface area contributed by atoms with Crippen LogP contribution in [0, 0.1) is 17.1 Å². The molecule has 0 spiro atoms. The molecule has 3 saturated heterocycles. The number of rotatable bonds is 6. The van der Waals surface area contributed by atoms with Gasteiger partial charge in [0.05, 0.1) is 24.2 Å². The van der Waals surface area contributed by atoms with Crippen LogP contribution >= 0.6 is 0 Å². The molecule has 3 aliphatic heterocycles. The van der Waals surface area contributed by atoms with Gasteiger partial charge in [-0.1, -0.05) is 18.7 Å². The lowest BCUT2D eigenvalue weighted by Crippen LogP contribution is -2.54. The smallest absolute Gasteiger partial charge is 0.240 e. The van der Waals surface area contributed by atoms with Crippen molar-refractivity contribution in [1.82, 2.24) is 14.7 Å². The van der Waals surface area contributed by atoms with Crippen LogP contribution in [0.25, 0.3) is 0 Å². The van der Waals surface area contributed by atoms with Crippen LogP contribution in [-0.4, -0.2) is 64.4 Å². The Kier molecular flexibility index (Phi) is 5.32. The summed E-state index contributed by atoms with van der Waals surface area (Å²) in [6.45, 7) is 8.24. The molecule has 0 radical (unpaired) electrons. The third-order valence-electron chi connectivity index (χ3n) is 6.69. The zero-order valence-electron chi connectivity index (χ0n) is 16.8. The molecule has 0 aliphatic carbocycles. The third-order valence-corrected chi connectivity index (χ3v) is 6.69.